The number of hydrogen-bond donors (Lipinski definition) is 2. The largest absolute Gasteiger partial charge is 0.478 e. The number of carboxylic acids is 1. The number of hydrogen-bond acceptors (Lipinski definition) is 1. The average molecular weight is 288 g/mol. The fourth-order valence-corrected chi connectivity index (χ4v) is 2.37. The van der Waals surface area contributed by atoms with Crippen LogP contribution in [0.4, 0.5) is 0 Å². The smallest absolute Gasteiger partial charge is 0.339 e. The number of aromatic nitrogens is 2. The van der Waals surface area contributed by atoms with Crippen LogP contribution in [0.25, 0.3) is 16.9 Å². The molecule has 5 heteroatoms. The van der Waals surface area contributed by atoms with Gasteiger partial charge in [0.15, 0.2) is 11.4 Å². The van der Waals surface area contributed by atoms with Crippen LogP contribution in [0.3, 0.4) is 0 Å². The molecular formula is C15H12ClN2O2+. The summed E-state index contributed by atoms with van der Waals surface area (Å²) >= 11 is 5.89. The van der Waals surface area contributed by atoms with Gasteiger partial charge in [-0.05, 0) is 30.3 Å². The zero-order chi connectivity index (χ0) is 14.3. The fourth-order valence-electron chi connectivity index (χ4n) is 2.24. The number of nitrogens with zero attached hydrogens (tertiary/aromatic N) is 1. The van der Waals surface area contributed by atoms with E-state index in [0.717, 1.165) is 22.6 Å². The molecule has 0 bridgehead atoms. The number of pyridine rings is 1. The van der Waals surface area contributed by atoms with Gasteiger partial charge in [0.25, 0.3) is 5.65 Å². The van der Waals surface area contributed by atoms with Gasteiger partial charge in [-0.25, -0.2) is 9.78 Å². The second kappa shape index (κ2) is 4.65. The molecule has 20 heavy (non-hydrogen) atoms. The minimum absolute atomic E-state index is 0.257. The Hall–Kier alpha value is -2.33. The quantitative estimate of drug-likeness (QED) is 0.712. The van der Waals surface area contributed by atoms with E-state index in [9.17, 15) is 4.79 Å². The fraction of sp³-hybridized carbons (Fsp3) is 0.0667. The van der Waals surface area contributed by atoms with Crippen LogP contribution in [0.1, 0.15) is 16.1 Å². The molecule has 0 aliphatic heterocycles. The maximum absolute atomic E-state index is 11.0. The van der Waals surface area contributed by atoms with Crippen LogP contribution in [-0.4, -0.2) is 16.1 Å². The van der Waals surface area contributed by atoms with Gasteiger partial charge in [0.2, 0.25) is 0 Å². The van der Waals surface area contributed by atoms with Crippen molar-refractivity contribution in [2.24, 2.45) is 0 Å². The molecule has 0 aliphatic rings. The number of aromatic carboxylic acids is 1. The lowest BCUT2D eigenvalue weighted by Gasteiger charge is -1.95. The van der Waals surface area contributed by atoms with Crippen molar-refractivity contribution in [3.8, 4) is 11.3 Å². The highest BCUT2D eigenvalue weighted by atomic mass is 35.5. The van der Waals surface area contributed by atoms with Gasteiger partial charge in [-0.3, -0.25) is 0 Å². The zero-order valence-corrected chi connectivity index (χ0v) is 11.5. The Morgan fingerprint density at radius 1 is 1.20 bits per heavy atom. The Kier molecular flexibility index (Phi) is 2.95. The van der Waals surface area contributed by atoms with Crippen molar-refractivity contribution < 1.29 is 14.3 Å². The van der Waals surface area contributed by atoms with E-state index >= 15 is 0 Å². The molecule has 1 aromatic carbocycles. The summed E-state index contributed by atoms with van der Waals surface area (Å²) in [6.45, 7) is 1.94. The Morgan fingerprint density at radius 3 is 2.55 bits per heavy atom. The molecule has 0 radical (unpaired) electrons. The van der Waals surface area contributed by atoms with Gasteiger partial charge in [0.05, 0.1) is 5.56 Å². The standard InChI is InChI=1S/C15H11ClN2O2/c1-9-14(10-2-5-12(16)6-3-10)17-13-7-4-11(15(19)20)8-18(9)13/h2-8H,1H3,(H,19,20)/p+1. The number of H-pyrrole nitrogens is 1. The van der Waals surface area contributed by atoms with Crippen LogP contribution >= 0.6 is 11.6 Å². The SMILES string of the molecule is Cc1c(-c2ccc(Cl)cc2)[nH]c2ccc(C(=O)O)c[n+]12. The van der Waals surface area contributed by atoms with Gasteiger partial charge >= 0.3 is 5.97 Å². The Morgan fingerprint density at radius 2 is 1.90 bits per heavy atom. The molecule has 3 rings (SSSR count). The lowest BCUT2D eigenvalue weighted by atomic mass is 10.1. The van der Waals surface area contributed by atoms with Crippen molar-refractivity contribution in [3.05, 3.63) is 58.9 Å². The first kappa shape index (κ1) is 12.7. The van der Waals surface area contributed by atoms with Gasteiger partial charge in [0.1, 0.15) is 6.20 Å². The predicted octanol–water partition coefficient (Wildman–Crippen LogP) is 3.08. The molecule has 100 valence electrons. The summed E-state index contributed by atoms with van der Waals surface area (Å²) in [7, 11) is 0. The zero-order valence-electron chi connectivity index (χ0n) is 10.7. The summed E-state index contributed by atoms with van der Waals surface area (Å²) in [5.74, 6) is -0.937. The monoisotopic (exact) mass is 287 g/mol. The highest BCUT2D eigenvalue weighted by Crippen LogP contribution is 2.22. The number of aryl methyl sites for hydroxylation is 1. The molecule has 0 atom stereocenters. The Balaban J connectivity index is 2.20. The van der Waals surface area contributed by atoms with Gasteiger partial charge < -0.3 is 5.11 Å². The van der Waals surface area contributed by atoms with E-state index in [2.05, 4.69) is 4.98 Å². The number of carbonyl (C=O) groups is 1. The molecule has 0 fully saturated rings. The van der Waals surface area contributed by atoms with E-state index < -0.39 is 5.97 Å². The normalized spacial score (nSPS) is 10.9. The summed E-state index contributed by atoms with van der Waals surface area (Å²) in [6, 6.07) is 10.9. The summed E-state index contributed by atoms with van der Waals surface area (Å²) in [6.07, 6.45) is 1.61. The summed E-state index contributed by atoms with van der Waals surface area (Å²) in [5, 5.41) is 9.73. The highest BCUT2D eigenvalue weighted by molar-refractivity contribution is 6.30. The van der Waals surface area contributed by atoms with E-state index in [1.54, 1.807) is 18.3 Å². The van der Waals surface area contributed by atoms with Crippen molar-refractivity contribution in [3.63, 3.8) is 0 Å². The van der Waals surface area contributed by atoms with Crippen LogP contribution in [-0.2, 0) is 0 Å². The highest BCUT2D eigenvalue weighted by Gasteiger charge is 2.18. The second-order valence-corrected chi connectivity index (χ2v) is 5.01. The molecule has 2 aromatic heterocycles. The minimum Gasteiger partial charge on any atom is -0.478 e. The number of fused-ring (bicyclic) bond motifs is 1. The number of carboxylic acid groups (broad SMARTS) is 1. The van der Waals surface area contributed by atoms with Crippen LogP contribution in [0, 0.1) is 6.92 Å². The summed E-state index contributed by atoms with van der Waals surface area (Å²) < 4.78 is 1.84. The molecule has 2 N–H and O–H groups in total. The van der Waals surface area contributed by atoms with Gasteiger partial charge in [-0.15, -0.1) is 0 Å². The topological polar surface area (TPSA) is 57.2 Å². The predicted molar refractivity (Wildman–Crippen MR) is 76.1 cm³/mol. The third-order valence-electron chi connectivity index (χ3n) is 3.30. The lowest BCUT2D eigenvalue weighted by molar-refractivity contribution is -0.517. The Labute approximate surface area is 120 Å². The van der Waals surface area contributed by atoms with Crippen LogP contribution in [0.15, 0.2) is 42.6 Å². The molecule has 0 unspecified atom stereocenters. The van der Waals surface area contributed by atoms with Gasteiger partial charge in [-0.2, -0.15) is 4.40 Å². The Bertz CT molecular complexity index is 807. The molecule has 4 nitrogen and oxygen atoms in total. The molecule has 0 saturated carbocycles. The van der Waals surface area contributed by atoms with Crippen LogP contribution in [0.2, 0.25) is 5.02 Å². The van der Waals surface area contributed by atoms with E-state index in [0.29, 0.717) is 5.02 Å². The van der Waals surface area contributed by atoms with E-state index in [1.807, 2.05) is 35.6 Å². The van der Waals surface area contributed by atoms with Crippen molar-refractivity contribution in [2.75, 3.05) is 0 Å². The first-order valence-corrected chi connectivity index (χ1v) is 6.47. The van der Waals surface area contributed by atoms with Crippen LogP contribution in [0.5, 0.6) is 0 Å². The maximum Gasteiger partial charge on any atom is 0.339 e. The molecule has 0 amide bonds. The summed E-state index contributed by atoms with van der Waals surface area (Å²) in [5.41, 5.74) is 4.01. The minimum atomic E-state index is -0.937. The number of nitrogens with one attached hydrogen (secondary N) is 1. The van der Waals surface area contributed by atoms with Gasteiger partial charge in [0, 0.05) is 23.6 Å². The van der Waals surface area contributed by atoms with Crippen molar-refractivity contribution >= 4 is 23.2 Å². The van der Waals surface area contributed by atoms with Crippen molar-refractivity contribution in [1.82, 2.24) is 4.98 Å². The number of aromatic amines is 1. The first-order valence-electron chi connectivity index (χ1n) is 6.09. The first-order chi connectivity index (χ1) is 9.56. The van der Waals surface area contributed by atoms with Crippen molar-refractivity contribution in [1.29, 1.82) is 0 Å². The molecule has 0 saturated heterocycles. The molecular weight excluding hydrogens is 276 g/mol. The third-order valence-corrected chi connectivity index (χ3v) is 3.56. The number of benzene rings is 1. The maximum atomic E-state index is 11.0. The molecule has 0 aliphatic carbocycles. The molecule has 2 heterocycles. The lowest BCUT2D eigenvalue weighted by Crippen LogP contribution is -2.23. The second-order valence-electron chi connectivity index (χ2n) is 4.57. The number of imidazole rings is 1. The van der Waals surface area contributed by atoms with Crippen molar-refractivity contribution in [2.45, 2.75) is 6.92 Å². The average Bonchev–Trinajstić information content (AvgIpc) is 2.76. The number of rotatable bonds is 2. The summed E-state index contributed by atoms with van der Waals surface area (Å²) in [4.78, 5) is 14.3. The number of halogens is 1. The van der Waals surface area contributed by atoms with E-state index in [4.69, 9.17) is 16.7 Å². The van der Waals surface area contributed by atoms with E-state index in [-0.39, 0.29) is 5.56 Å². The molecule has 0 spiro atoms. The van der Waals surface area contributed by atoms with Crippen LogP contribution < -0.4 is 4.40 Å². The van der Waals surface area contributed by atoms with Gasteiger partial charge in [-0.1, -0.05) is 11.6 Å². The molecule has 3 aromatic rings. The van der Waals surface area contributed by atoms with E-state index in [1.165, 1.54) is 0 Å². The third kappa shape index (κ3) is 2.04.